The average Bonchev–Trinajstić information content (AvgIpc) is 3.83. The Balaban J connectivity index is 1.92. The van der Waals surface area contributed by atoms with Crippen LogP contribution in [0.1, 0.15) is 89.5 Å². The number of carbonyl (C=O) groups excluding carboxylic acids is 2. The summed E-state index contributed by atoms with van der Waals surface area (Å²) in [7, 11) is 0. The third kappa shape index (κ3) is 8.27. The molecule has 11 heteroatoms. The third-order valence-electron chi connectivity index (χ3n) is 8.46. The maximum absolute atomic E-state index is 16.0. The number of likely N-dealkylation sites (tertiary alicyclic amines) is 1. The van der Waals surface area contributed by atoms with Crippen molar-refractivity contribution in [3.05, 3.63) is 65.0 Å². The van der Waals surface area contributed by atoms with Gasteiger partial charge in [0, 0.05) is 32.0 Å². The lowest BCUT2D eigenvalue weighted by Gasteiger charge is -2.39. The van der Waals surface area contributed by atoms with Gasteiger partial charge in [-0.3, -0.25) is 9.69 Å². The van der Waals surface area contributed by atoms with Gasteiger partial charge in [0.2, 0.25) is 11.8 Å². The number of rotatable bonds is 9. The van der Waals surface area contributed by atoms with Crippen LogP contribution in [-0.2, 0) is 4.79 Å². The Kier molecular flexibility index (Phi) is 10.9. The van der Waals surface area contributed by atoms with Gasteiger partial charge in [0.05, 0.1) is 11.3 Å². The number of allylic oxidation sites excluding steroid dienone is 4. The summed E-state index contributed by atoms with van der Waals surface area (Å²) in [5.74, 6) is -4.54. The number of nitrogens with one attached hydrogen (secondary N) is 1. The van der Waals surface area contributed by atoms with Crippen LogP contribution < -0.4 is 10.2 Å². The minimum absolute atomic E-state index is 0.0825. The van der Waals surface area contributed by atoms with Crippen LogP contribution in [0.2, 0.25) is 0 Å². The summed E-state index contributed by atoms with van der Waals surface area (Å²) in [5, 5.41) is 2.66. The number of benzene rings is 1. The Morgan fingerprint density at radius 1 is 1.07 bits per heavy atom. The quantitative estimate of drug-likeness (QED) is 0.221. The topological polar surface area (TPSA) is 52.7 Å². The fourth-order valence-corrected chi connectivity index (χ4v) is 5.94. The van der Waals surface area contributed by atoms with Gasteiger partial charge in [-0.05, 0) is 87.5 Å². The Hall–Kier alpha value is -3.24. The summed E-state index contributed by atoms with van der Waals surface area (Å²) < 4.78 is 87.8. The highest BCUT2D eigenvalue weighted by atomic mass is 19.4. The third-order valence-corrected chi connectivity index (χ3v) is 8.46. The summed E-state index contributed by atoms with van der Waals surface area (Å²) in [6.07, 6.45) is 2.80. The number of urea groups is 1. The molecule has 44 heavy (non-hydrogen) atoms. The Morgan fingerprint density at radius 3 is 2.27 bits per heavy atom. The SMILES string of the molecule is C\C=C/C(=C(\C=C\CC)C(C(=O)NC1CCC(F)(F)CC1)N(C(=O)N1CCCCC1)c1ccc(C2CC2)cc1F)C(F)(F)F. The van der Waals surface area contributed by atoms with Crippen LogP contribution in [0.5, 0.6) is 0 Å². The molecule has 3 fully saturated rings. The van der Waals surface area contributed by atoms with Gasteiger partial charge in [-0.15, -0.1) is 0 Å². The van der Waals surface area contributed by atoms with Crippen molar-refractivity contribution in [1.82, 2.24) is 10.2 Å². The molecule has 3 amide bonds. The average molecular weight is 626 g/mol. The van der Waals surface area contributed by atoms with Crippen molar-refractivity contribution in [1.29, 1.82) is 0 Å². The van der Waals surface area contributed by atoms with Crippen molar-refractivity contribution in [2.75, 3.05) is 18.0 Å². The zero-order valence-corrected chi connectivity index (χ0v) is 25.2. The Labute approximate surface area is 255 Å². The zero-order valence-electron chi connectivity index (χ0n) is 25.2. The van der Waals surface area contributed by atoms with Crippen LogP contribution in [0.3, 0.4) is 0 Å². The van der Waals surface area contributed by atoms with E-state index in [-0.39, 0.29) is 24.4 Å². The van der Waals surface area contributed by atoms with Crippen LogP contribution in [0, 0.1) is 5.82 Å². The predicted octanol–water partition coefficient (Wildman–Crippen LogP) is 8.58. The van der Waals surface area contributed by atoms with E-state index in [2.05, 4.69) is 5.32 Å². The molecule has 1 unspecified atom stereocenters. The van der Waals surface area contributed by atoms with Crippen LogP contribution in [0.4, 0.5) is 36.8 Å². The van der Waals surface area contributed by atoms with E-state index in [1.165, 1.54) is 36.1 Å². The van der Waals surface area contributed by atoms with Crippen molar-refractivity contribution in [2.24, 2.45) is 0 Å². The van der Waals surface area contributed by atoms with Crippen LogP contribution in [-0.4, -0.2) is 54.1 Å². The Morgan fingerprint density at radius 2 is 1.73 bits per heavy atom. The molecule has 1 aliphatic heterocycles. The van der Waals surface area contributed by atoms with E-state index in [9.17, 15) is 31.5 Å². The molecule has 1 aromatic carbocycles. The molecule has 2 saturated carbocycles. The first-order valence-electron chi connectivity index (χ1n) is 15.5. The molecule has 3 aliphatic rings. The number of alkyl halides is 5. The van der Waals surface area contributed by atoms with Gasteiger partial charge in [0.1, 0.15) is 11.9 Å². The first-order valence-corrected chi connectivity index (χ1v) is 15.5. The summed E-state index contributed by atoms with van der Waals surface area (Å²) >= 11 is 0. The monoisotopic (exact) mass is 625 g/mol. The van der Waals surface area contributed by atoms with E-state index in [1.54, 1.807) is 13.0 Å². The number of anilines is 1. The molecular weight excluding hydrogens is 584 g/mol. The maximum Gasteiger partial charge on any atom is 0.416 e. The maximum atomic E-state index is 16.0. The molecule has 0 spiro atoms. The van der Waals surface area contributed by atoms with Crippen LogP contribution >= 0.6 is 0 Å². The molecule has 1 N–H and O–H groups in total. The van der Waals surface area contributed by atoms with E-state index in [4.69, 9.17) is 0 Å². The fraction of sp³-hybridized carbons (Fsp3) is 0.576. The molecular formula is C33H41F6N3O2. The molecule has 1 aromatic rings. The largest absolute Gasteiger partial charge is 0.416 e. The minimum atomic E-state index is -4.93. The summed E-state index contributed by atoms with van der Waals surface area (Å²) in [6.45, 7) is 3.71. The van der Waals surface area contributed by atoms with Crippen LogP contribution in [0.25, 0.3) is 0 Å². The van der Waals surface area contributed by atoms with Crippen molar-refractivity contribution in [2.45, 2.75) is 108 Å². The number of halogens is 6. The highest BCUT2D eigenvalue weighted by Crippen LogP contribution is 2.42. The smallest absolute Gasteiger partial charge is 0.351 e. The lowest BCUT2D eigenvalue weighted by molar-refractivity contribution is -0.123. The highest BCUT2D eigenvalue weighted by molar-refractivity contribution is 6.02. The fourth-order valence-electron chi connectivity index (χ4n) is 5.94. The molecule has 242 valence electrons. The minimum Gasteiger partial charge on any atom is -0.351 e. The molecule has 5 nitrogen and oxygen atoms in total. The van der Waals surface area contributed by atoms with Gasteiger partial charge >= 0.3 is 12.2 Å². The van der Waals surface area contributed by atoms with Crippen LogP contribution in [0.15, 0.2) is 53.6 Å². The number of nitrogens with zero attached hydrogens (tertiary/aromatic N) is 2. The second-order valence-electron chi connectivity index (χ2n) is 11.9. The van der Waals surface area contributed by atoms with Crippen molar-refractivity contribution >= 4 is 17.6 Å². The molecule has 1 saturated heterocycles. The van der Waals surface area contributed by atoms with Crippen molar-refractivity contribution in [3.8, 4) is 0 Å². The highest BCUT2D eigenvalue weighted by Gasteiger charge is 2.44. The summed E-state index contributed by atoms with van der Waals surface area (Å²) in [5.41, 5.74) is -1.30. The normalized spacial score (nSPS) is 21.0. The first-order chi connectivity index (χ1) is 20.9. The summed E-state index contributed by atoms with van der Waals surface area (Å²) in [6, 6.07) is 0.810. The van der Waals surface area contributed by atoms with E-state index in [0.29, 0.717) is 37.9 Å². The molecule has 0 bridgehead atoms. The number of piperidine rings is 1. The molecule has 2 aliphatic carbocycles. The second kappa shape index (κ2) is 14.2. The van der Waals surface area contributed by atoms with E-state index in [1.807, 2.05) is 0 Å². The lowest BCUT2D eigenvalue weighted by atomic mass is 9.91. The summed E-state index contributed by atoms with van der Waals surface area (Å²) in [4.78, 5) is 30.8. The number of carbonyl (C=O) groups is 2. The molecule has 1 atom stereocenters. The van der Waals surface area contributed by atoms with E-state index in [0.717, 1.165) is 36.3 Å². The van der Waals surface area contributed by atoms with Gasteiger partial charge < -0.3 is 10.2 Å². The molecule has 4 rings (SSSR count). The predicted molar refractivity (Wildman–Crippen MR) is 158 cm³/mol. The molecule has 0 aromatic heterocycles. The second-order valence-corrected chi connectivity index (χ2v) is 11.9. The standard InChI is InChI=1S/C33H41F6N3O2/c1-3-5-10-25(26(9-4-2)33(37,38)39)29(30(43)40-24-15-17-32(35,36)18-16-24)42(31(44)41-19-7-6-8-20-41)28-14-13-23(21-27(28)34)22-11-12-22/h4-5,9-10,13-14,21-22,24,29H,3,6-8,11-12,15-20H2,1-2H3,(H,40,43)/b9-4-,10-5+,26-25-. The first kappa shape index (κ1) is 33.6. The molecule has 1 heterocycles. The van der Waals surface area contributed by atoms with Gasteiger partial charge in [0.15, 0.2) is 0 Å². The van der Waals surface area contributed by atoms with Gasteiger partial charge in [0.25, 0.3) is 0 Å². The van der Waals surface area contributed by atoms with Crippen molar-refractivity contribution in [3.63, 3.8) is 0 Å². The zero-order chi connectivity index (χ0) is 32.1. The van der Waals surface area contributed by atoms with Crippen molar-refractivity contribution < 1.29 is 35.9 Å². The number of hydrogen-bond donors (Lipinski definition) is 1. The van der Waals surface area contributed by atoms with E-state index < -0.39 is 65.9 Å². The lowest BCUT2D eigenvalue weighted by Crippen LogP contribution is -2.57. The van der Waals surface area contributed by atoms with E-state index >= 15 is 4.39 Å². The van der Waals surface area contributed by atoms with Gasteiger partial charge in [-0.25, -0.2) is 18.0 Å². The molecule has 0 radical (unpaired) electrons. The van der Waals surface area contributed by atoms with Gasteiger partial charge in [-0.1, -0.05) is 37.3 Å². The number of amides is 3. The number of hydrogen-bond acceptors (Lipinski definition) is 2. The van der Waals surface area contributed by atoms with Gasteiger partial charge in [-0.2, -0.15) is 13.2 Å². The Bertz CT molecular complexity index is 1270.